The van der Waals surface area contributed by atoms with Crippen molar-refractivity contribution in [1.29, 1.82) is 0 Å². The van der Waals surface area contributed by atoms with Gasteiger partial charge in [0.25, 0.3) is 0 Å². The molecule has 0 heterocycles. The van der Waals surface area contributed by atoms with Crippen LogP contribution in [0.1, 0.15) is 0 Å². The molecule has 62 valence electrons. The van der Waals surface area contributed by atoms with Crippen molar-refractivity contribution in [3.63, 3.8) is 0 Å². The molecule has 0 saturated heterocycles. The van der Waals surface area contributed by atoms with E-state index >= 15 is 0 Å². The third kappa shape index (κ3) is 1.42. The second-order valence-electron chi connectivity index (χ2n) is 3.39. The monoisotopic (exact) mass is 167 g/mol. The van der Waals surface area contributed by atoms with Crippen molar-refractivity contribution in [1.82, 2.24) is 0 Å². The number of hydrogen-bond donors (Lipinski definition) is 0. The van der Waals surface area contributed by atoms with Gasteiger partial charge < -0.3 is 4.72 Å². The molecule has 0 unspecified atom stereocenters. The number of hydrogen-bond acceptors (Lipinski definition) is 1. The minimum absolute atomic E-state index is 1.28. The summed E-state index contributed by atoms with van der Waals surface area (Å²) in [6, 6.07) is 14.8. The van der Waals surface area contributed by atoms with E-state index in [-0.39, 0.29) is 0 Å². The average molecular weight is 167 g/mol. The summed E-state index contributed by atoms with van der Waals surface area (Å²) in [6.45, 7) is 0. The predicted molar refractivity (Wildman–Crippen MR) is 63.5 cm³/mol. The molecular formula is C10H11B2N. The van der Waals surface area contributed by atoms with E-state index in [0.717, 1.165) is 0 Å². The molecule has 2 aromatic rings. The van der Waals surface area contributed by atoms with Gasteiger partial charge in [-0.25, -0.2) is 0 Å². The summed E-state index contributed by atoms with van der Waals surface area (Å²) >= 11 is 0. The van der Waals surface area contributed by atoms with E-state index in [2.05, 4.69) is 63.1 Å². The van der Waals surface area contributed by atoms with Gasteiger partial charge in [-0.1, -0.05) is 36.4 Å². The quantitative estimate of drug-likeness (QED) is 0.566. The summed E-state index contributed by atoms with van der Waals surface area (Å²) < 4.78 is 2.14. The molecule has 2 aromatic carbocycles. The van der Waals surface area contributed by atoms with Crippen LogP contribution in [0.2, 0.25) is 0 Å². The SMILES string of the molecule is BN(B)c1cccc2ccccc12. The lowest BCUT2D eigenvalue weighted by atomic mass is 10.0. The summed E-state index contributed by atoms with van der Waals surface area (Å²) in [5.74, 6) is 0. The molecule has 0 fully saturated rings. The van der Waals surface area contributed by atoms with Crippen LogP contribution in [0, 0.1) is 0 Å². The topological polar surface area (TPSA) is 3.24 Å². The van der Waals surface area contributed by atoms with Crippen LogP contribution in [0.25, 0.3) is 10.8 Å². The molecule has 1 nitrogen and oxygen atoms in total. The average Bonchev–Trinajstić information content (AvgIpc) is 2.17. The van der Waals surface area contributed by atoms with Crippen LogP contribution in [-0.2, 0) is 0 Å². The molecule has 2 rings (SSSR count). The molecule has 0 radical (unpaired) electrons. The molecular weight excluding hydrogens is 156 g/mol. The van der Waals surface area contributed by atoms with Gasteiger partial charge in [-0.3, -0.25) is 0 Å². The van der Waals surface area contributed by atoms with Crippen LogP contribution < -0.4 is 4.72 Å². The van der Waals surface area contributed by atoms with Crippen molar-refractivity contribution < 1.29 is 0 Å². The van der Waals surface area contributed by atoms with Crippen molar-refractivity contribution in [3.8, 4) is 0 Å². The number of nitrogens with zero attached hydrogens (tertiary/aromatic N) is 1. The van der Waals surface area contributed by atoms with Crippen molar-refractivity contribution in [2.75, 3.05) is 4.72 Å². The third-order valence-corrected chi connectivity index (χ3v) is 2.25. The molecule has 0 aliphatic rings. The van der Waals surface area contributed by atoms with Crippen LogP contribution in [0.3, 0.4) is 0 Å². The van der Waals surface area contributed by atoms with E-state index < -0.39 is 0 Å². The van der Waals surface area contributed by atoms with Crippen molar-refractivity contribution >= 4 is 32.4 Å². The third-order valence-electron chi connectivity index (χ3n) is 2.25. The van der Waals surface area contributed by atoms with Gasteiger partial charge >= 0.3 is 0 Å². The van der Waals surface area contributed by atoms with Crippen molar-refractivity contribution in [2.24, 2.45) is 0 Å². The van der Waals surface area contributed by atoms with Crippen LogP contribution in [0.4, 0.5) is 5.69 Å². The van der Waals surface area contributed by atoms with Crippen molar-refractivity contribution in [2.45, 2.75) is 0 Å². The number of fused-ring (bicyclic) bond motifs is 1. The van der Waals surface area contributed by atoms with E-state index in [1.54, 1.807) is 0 Å². The fraction of sp³-hybridized carbons (Fsp3) is 0. The smallest absolute Gasteiger partial charge is 0.202 e. The zero-order chi connectivity index (χ0) is 9.26. The molecule has 0 N–H and O–H groups in total. The Kier molecular flexibility index (Phi) is 2.01. The minimum Gasteiger partial charge on any atom is -0.472 e. The highest BCUT2D eigenvalue weighted by Gasteiger charge is 1.99. The van der Waals surface area contributed by atoms with E-state index in [0.29, 0.717) is 0 Å². The highest BCUT2D eigenvalue weighted by Crippen LogP contribution is 2.24. The lowest BCUT2D eigenvalue weighted by Crippen LogP contribution is -2.13. The largest absolute Gasteiger partial charge is 0.472 e. The normalized spacial score (nSPS) is 10.2. The number of rotatable bonds is 1. The van der Waals surface area contributed by atoms with Gasteiger partial charge in [-0.2, -0.15) is 0 Å². The fourth-order valence-electron chi connectivity index (χ4n) is 1.60. The second kappa shape index (κ2) is 3.17. The molecule has 0 amide bonds. The lowest BCUT2D eigenvalue weighted by molar-refractivity contribution is 1.62. The summed E-state index contributed by atoms with van der Waals surface area (Å²) in [5.41, 5.74) is 1.28. The number of benzene rings is 2. The predicted octanol–water partition coefficient (Wildman–Crippen LogP) is 0.742. The number of anilines is 1. The fourth-order valence-corrected chi connectivity index (χ4v) is 1.60. The Balaban J connectivity index is 2.76. The van der Waals surface area contributed by atoms with Crippen LogP contribution >= 0.6 is 0 Å². The Bertz CT molecular complexity index is 421. The van der Waals surface area contributed by atoms with E-state index in [4.69, 9.17) is 0 Å². The molecule has 13 heavy (non-hydrogen) atoms. The minimum atomic E-state index is 1.28. The first-order valence-electron chi connectivity index (χ1n) is 4.44. The highest BCUT2D eigenvalue weighted by molar-refractivity contribution is 6.43. The summed E-state index contributed by atoms with van der Waals surface area (Å²) in [4.78, 5) is 0. The van der Waals surface area contributed by atoms with Gasteiger partial charge in [0.1, 0.15) is 0 Å². The van der Waals surface area contributed by atoms with Gasteiger partial charge in [0.15, 0.2) is 0 Å². The maximum atomic E-state index is 2.16. The first-order chi connectivity index (χ1) is 6.29. The zero-order valence-electron chi connectivity index (χ0n) is 7.99. The van der Waals surface area contributed by atoms with E-state index in [1.165, 1.54) is 16.5 Å². The molecule has 0 saturated carbocycles. The molecule has 0 aromatic heterocycles. The Labute approximate surface area is 80.2 Å². The molecule has 0 aliphatic heterocycles. The Morgan fingerprint density at radius 3 is 2.31 bits per heavy atom. The summed E-state index contributed by atoms with van der Waals surface area (Å²) in [6.07, 6.45) is 0. The first-order valence-corrected chi connectivity index (χ1v) is 4.44. The second-order valence-corrected chi connectivity index (χ2v) is 3.39. The Morgan fingerprint density at radius 2 is 1.54 bits per heavy atom. The van der Waals surface area contributed by atoms with E-state index in [9.17, 15) is 0 Å². The summed E-state index contributed by atoms with van der Waals surface area (Å²) in [7, 11) is 4.14. The highest BCUT2D eigenvalue weighted by atomic mass is 14.9. The van der Waals surface area contributed by atoms with Crippen LogP contribution in [0.5, 0.6) is 0 Å². The molecule has 0 bridgehead atoms. The van der Waals surface area contributed by atoms with E-state index in [1.807, 2.05) is 0 Å². The van der Waals surface area contributed by atoms with Gasteiger partial charge in [0, 0.05) is 11.1 Å². The van der Waals surface area contributed by atoms with Crippen molar-refractivity contribution in [3.05, 3.63) is 42.5 Å². The Hall–Kier alpha value is -1.37. The van der Waals surface area contributed by atoms with Gasteiger partial charge in [-0.05, 0) is 11.5 Å². The van der Waals surface area contributed by atoms with Crippen LogP contribution in [-0.4, -0.2) is 16.0 Å². The maximum Gasteiger partial charge on any atom is 0.202 e. The zero-order valence-corrected chi connectivity index (χ0v) is 7.99. The first kappa shape index (κ1) is 8.24. The molecule has 3 heteroatoms. The lowest BCUT2D eigenvalue weighted by Gasteiger charge is -2.16. The Morgan fingerprint density at radius 1 is 0.846 bits per heavy atom. The van der Waals surface area contributed by atoms with Gasteiger partial charge in [0.05, 0.1) is 0 Å². The van der Waals surface area contributed by atoms with Gasteiger partial charge in [-0.15, -0.1) is 0 Å². The van der Waals surface area contributed by atoms with Gasteiger partial charge in [0.2, 0.25) is 16.0 Å². The molecule has 0 aliphatic carbocycles. The maximum absolute atomic E-state index is 2.16. The molecule has 0 atom stereocenters. The van der Waals surface area contributed by atoms with Crippen LogP contribution in [0.15, 0.2) is 42.5 Å². The summed E-state index contributed by atoms with van der Waals surface area (Å²) in [5, 5.41) is 2.61. The standard InChI is InChI=1S/C10H11B2N/c11-13(12)10-7-3-5-8-4-1-2-6-9(8)10/h1-7H,11-12H2. The molecule has 0 spiro atoms.